The largest absolute Gasteiger partial charge is 0.464 e. The number of anilines is 2. The summed E-state index contributed by atoms with van der Waals surface area (Å²) in [5, 5.41) is 6.04. The maximum Gasteiger partial charge on any atom is 0.323 e. The molecule has 1 aromatic heterocycles. The van der Waals surface area contributed by atoms with Crippen molar-refractivity contribution in [2.24, 2.45) is 0 Å². The SMILES string of the molecule is CCOc1nc(NC)nc(NCCCCOCCOC)n1. The third kappa shape index (κ3) is 7.62. The number of nitrogens with zero attached hydrogens (tertiary/aromatic N) is 3. The third-order valence-electron chi connectivity index (χ3n) is 2.54. The fourth-order valence-electron chi connectivity index (χ4n) is 1.51. The van der Waals surface area contributed by atoms with Crippen LogP contribution in [-0.2, 0) is 9.47 Å². The van der Waals surface area contributed by atoms with E-state index in [-0.39, 0.29) is 0 Å². The summed E-state index contributed by atoms with van der Waals surface area (Å²) >= 11 is 0. The first-order valence-corrected chi connectivity index (χ1v) is 7.17. The van der Waals surface area contributed by atoms with Crippen LogP contribution < -0.4 is 15.4 Å². The summed E-state index contributed by atoms with van der Waals surface area (Å²) < 4.78 is 15.6. The molecule has 120 valence electrons. The van der Waals surface area contributed by atoms with Crippen LogP contribution in [0, 0.1) is 0 Å². The van der Waals surface area contributed by atoms with E-state index in [1.54, 1.807) is 14.2 Å². The van der Waals surface area contributed by atoms with Crippen LogP contribution in [0.4, 0.5) is 11.9 Å². The molecule has 0 radical (unpaired) electrons. The summed E-state index contributed by atoms with van der Waals surface area (Å²) in [5.74, 6) is 0.997. The molecule has 0 amide bonds. The zero-order valence-corrected chi connectivity index (χ0v) is 13.0. The lowest BCUT2D eigenvalue weighted by Crippen LogP contribution is -2.11. The van der Waals surface area contributed by atoms with E-state index in [1.165, 1.54) is 0 Å². The number of hydrogen-bond acceptors (Lipinski definition) is 8. The quantitative estimate of drug-likeness (QED) is 0.556. The highest BCUT2D eigenvalue weighted by atomic mass is 16.5. The molecule has 21 heavy (non-hydrogen) atoms. The van der Waals surface area contributed by atoms with Gasteiger partial charge in [-0.15, -0.1) is 0 Å². The zero-order chi connectivity index (χ0) is 15.3. The standard InChI is InChI=1S/C13H25N5O3/c1-4-21-13-17-11(14-2)16-12(18-13)15-7-5-6-8-20-10-9-19-3/h4-10H2,1-3H3,(H2,14,15,16,17,18). The predicted molar refractivity (Wildman–Crippen MR) is 81.0 cm³/mol. The average molecular weight is 299 g/mol. The number of hydrogen-bond donors (Lipinski definition) is 2. The molecule has 0 aliphatic carbocycles. The second-order valence-corrected chi connectivity index (χ2v) is 4.19. The van der Waals surface area contributed by atoms with Gasteiger partial charge in [-0.25, -0.2) is 0 Å². The third-order valence-corrected chi connectivity index (χ3v) is 2.54. The van der Waals surface area contributed by atoms with Gasteiger partial charge in [-0.1, -0.05) is 0 Å². The molecule has 0 aromatic carbocycles. The van der Waals surface area contributed by atoms with Gasteiger partial charge in [0, 0.05) is 27.3 Å². The molecule has 0 spiro atoms. The molecule has 0 aliphatic heterocycles. The Balaban J connectivity index is 2.26. The Bertz CT molecular complexity index is 392. The molecule has 0 aliphatic rings. The Labute approximate surface area is 125 Å². The highest BCUT2D eigenvalue weighted by molar-refractivity contribution is 5.35. The lowest BCUT2D eigenvalue weighted by molar-refractivity contribution is 0.0691. The van der Waals surface area contributed by atoms with Crippen LogP contribution in [-0.4, -0.2) is 62.1 Å². The first kappa shape index (κ1) is 17.4. The zero-order valence-electron chi connectivity index (χ0n) is 13.0. The van der Waals surface area contributed by atoms with Crippen molar-refractivity contribution >= 4 is 11.9 Å². The molecule has 0 atom stereocenters. The Morgan fingerprint density at radius 2 is 1.81 bits per heavy atom. The normalized spacial score (nSPS) is 10.4. The highest BCUT2D eigenvalue weighted by Crippen LogP contribution is 2.10. The Hall–Kier alpha value is -1.67. The predicted octanol–water partition coefficient (Wildman–Crippen LogP) is 1.17. The molecule has 0 saturated heterocycles. The summed E-state index contributed by atoms with van der Waals surface area (Å²) in [6.07, 6.45) is 1.94. The van der Waals surface area contributed by atoms with Crippen LogP contribution in [0.25, 0.3) is 0 Å². The molecule has 1 rings (SSSR count). The van der Waals surface area contributed by atoms with Gasteiger partial charge in [-0.2, -0.15) is 15.0 Å². The van der Waals surface area contributed by atoms with Crippen LogP contribution >= 0.6 is 0 Å². The molecule has 1 heterocycles. The van der Waals surface area contributed by atoms with Gasteiger partial charge in [-0.05, 0) is 19.8 Å². The van der Waals surface area contributed by atoms with Gasteiger partial charge in [0.2, 0.25) is 11.9 Å². The topological polar surface area (TPSA) is 90.4 Å². The molecule has 8 nitrogen and oxygen atoms in total. The summed E-state index contributed by atoms with van der Waals surface area (Å²) in [6, 6.07) is 0.322. The number of nitrogens with one attached hydrogen (secondary N) is 2. The second kappa shape index (κ2) is 11.0. The number of unbranched alkanes of at least 4 members (excludes halogenated alkanes) is 1. The molecule has 1 aromatic rings. The highest BCUT2D eigenvalue weighted by Gasteiger charge is 2.05. The first-order valence-electron chi connectivity index (χ1n) is 7.17. The smallest absolute Gasteiger partial charge is 0.323 e. The van der Waals surface area contributed by atoms with Gasteiger partial charge >= 0.3 is 6.01 Å². The van der Waals surface area contributed by atoms with Crippen molar-refractivity contribution in [1.82, 2.24) is 15.0 Å². The van der Waals surface area contributed by atoms with Gasteiger partial charge in [0.1, 0.15) is 0 Å². The fraction of sp³-hybridized carbons (Fsp3) is 0.769. The van der Waals surface area contributed by atoms with Crippen molar-refractivity contribution in [3.05, 3.63) is 0 Å². The molecular weight excluding hydrogens is 274 g/mol. The monoisotopic (exact) mass is 299 g/mol. The van der Waals surface area contributed by atoms with Crippen LogP contribution in [0.15, 0.2) is 0 Å². The number of ether oxygens (including phenoxy) is 3. The summed E-state index contributed by atoms with van der Waals surface area (Å²) in [4.78, 5) is 12.5. The Morgan fingerprint density at radius 3 is 2.52 bits per heavy atom. The van der Waals surface area contributed by atoms with E-state index in [9.17, 15) is 0 Å². The van der Waals surface area contributed by atoms with E-state index in [0.717, 1.165) is 26.0 Å². The second-order valence-electron chi connectivity index (χ2n) is 4.19. The number of methoxy groups -OCH3 is 1. The molecule has 0 bridgehead atoms. The maximum absolute atomic E-state index is 5.39. The van der Waals surface area contributed by atoms with Gasteiger partial charge in [0.05, 0.1) is 19.8 Å². The maximum atomic E-state index is 5.39. The summed E-state index contributed by atoms with van der Waals surface area (Å²) in [7, 11) is 3.42. The van der Waals surface area contributed by atoms with E-state index in [2.05, 4.69) is 25.6 Å². The number of aromatic nitrogens is 3. The van der Waals surface area contributed by atoms with E-state index in [0.29, 0.717) is 37.7 Å². The molecule has 0 saturated carbocycles. The van der Waals surface area contributed by atoms with Gasteiger partial charge in [0.15, 0.2) is 0 Å². The van der Waals surface area contributed by atoms with E-state index in [1.807, 2.05) is 6.92 Å². The average Bonchev–Trinajstić information content (AvgIpc) is 2.50. The minimum atomic E-state index is 0.322. The van der Waals surface area contributed by atoms with Crippen LogP contribution in [0.2, 0.25) is 0 Å². The molecule has 2 N–H and O–H groups in total. The minimum Gasteiger partial charge on any atom is -0.464 e. The van der Waals surface area contributed by atoms with Crippen molar-refractivity contribution in [1.29, 1.82) is 0 Å². The first-order chi connectivity index (χ1) is 10.3. The van der Waals surface area contributed by atoms with Crippen molar-refractivity contribution in [3.63, 3.8) is 0 Å². The van der Waals surface area contributed by atoms with Crippen molar-refractivity contribution in [2.75, 3.05) is 57.8 Å². The van der Waals surface area contributed by atoms with E-state index < -0.39 is 0 Å². The molecule has 0 fully saturated rings. The Morgan fingerprint density at radius 1 is 1.00 bits per heavy atom. The summed E-state index contributed by atoms with van der Waals surface area (Å²) in [5.41, 5.74) is 0. The number of rotatable bonds is 12. The fourth-order valence-corrected chi connectivity index (χ4v) is 1.51. The van der Waals surface area contributed by atoms with Crippen LogP contribution in [0.5, 0.6) is 6.01 Å². The van der Waals surface area contributed by atoms with Crippen LogP contribution in [0.3, 0.4) is 0 Å². The van der Waals surface area contributed by atoms with E-state index >= 15 is 0 Å². The molecular formula is C13H25N5O3. The van der Waals surface area contributed by atoms with Gasteiger partial charge < -0.3 is 24.8 Å². The van der Waals surface area contributed by atoms with E-state index in [4.69, 9.17) is 14.2 Å². The molecule has 0 unspecified atom stereocenters. The van der Waals surface area contributed by atoms with Gasteiger partial charge in [0.25, 0.3) is 0 Å². The lowest BCUT2D eigenvalue weighted by Gasteiger charge is -2.08. The molecule has 8 heteroatoms. The van der Waals surface area contributed by atoms with Crippen LogP contribution in [0.1, 0.15) is 19.8 Å². The minimum absolute atomic E-state index is 0.322. The van der Waals surface area contributed by atoms with Crippen molar-refractivity contribution in [3.8, 4) is 6.01 Å². The lowest BCUT2D eigenvalue weighted by atomic mass is 10.3. The van der Waals surface area contributed by atoms with Crippen molar-refractivity contribution < 1.29 is 14.2 Å². The Kier molecular flexibility index (Phi) is 9.14. The summed E-state index contributed by atoms with van der Waals surface area (Å²) in [6.45, 7) is 5.18. The van der Waals surface area contributed by atoms with Crippen molar-refractivity contribution in [2.45, 2.75) is 19.8 Å². The van der Waals surface area contributed by atoms with Gasteiger partial charge in [-0.3, -0.25) is 0 Å².